The Morgan fingerprint density at radius 3 is 2.70 bits per heavy atom. The van der Waals surface area contributed by atoms with Crippen molar-refractivity contribution in [3.05, 3.63) is 29.8 Å². The van der Waals surface area contributed by atoms with Crippen LogP contribution in [-0.2, 0) is 11.2 Å². The normalized spacial score (nSPS) is 22.0. The first-order valence-electron chi connectivity index (χ1n) is 7.56. The number of alkyl halides is 3. The van der Waals surface area contributed by atoms with Gasteiger partial charge < -0.3 is 15.4 Å². The summed E-state index contributed by atoms with van der Waals surface area (Å²) in [6.07, 6.45) is -3.94. The van der Waals surface area contributed by atoms with E-state index in [1.807, 2.05) is 0 Å². The van der Waals surface area contributed by atoms with Crippen LogP contribution in [0.1, 0.15) is 24.8 Å². The molecule has 7 heteroatoms. The van der Waals surface area contributed by atoms with Crippen LogP contribution < -0.4 is 10.5 Å². The molecule has 0 radical (unpaired) electrons. The van der Waals surface area contributed by atoms with Crippen molar-refractivity contribution in [2.24, 2.45) is 5.73 Å². The topological polar surface area (TPSA) is 55.6 Å². The smallest absolute Gasteiger partial charge is 0.408 e. The largest absolute Gasteiger partial charge is 0.496 e. The molecule has 1 saturated heterocycles. The van der Waals surface area contributed by atoms with E-state index < -0.39 is 24.2 Å². The molecule has 1 aromatic rings. The number of aryl methyl sites for hydroxylation is 1. The molecule has 2 rings (SSSR count). The lowest BCUT2D eigenvalue weighted by atomic mass is 9.97. The first-order chi connectivity index (χ1) is 10.8. The molecule has 2 N–H and O–H groups in total. The number of hydrogen-bond acceptors (Lipinski definition) is 3. The third kappa shape index (κ3) is 4.37. The van der Waals surface area contributed by atoms with Gasteiger partial charge in [0.05, 0.1) is 7.11 Å². The summed E-state index contributed by atoms with van der Waals surface area (Å²) in [5.41, 5.74) is 6.54. The average molecular weight is 330 g/mol. The summed E-state index contributed by atoms with van der Waals surface area (Å²) in [5, 5.41) is 0. The number of rotatable bonds is 4. The van der Waals surface area contributed by atoms with Gasteiger partial charge in [0.1, 0.15) is 11.8 Å². The van der Waals surface area contributed by atoms with Gasteiger partial charge in [0.2, 0.25) is 5.91 Å². The number of halogens is 3. The molecule has 2 unspecified atom stereocenters. The number of para-hydroxylation sites is 1. The molecule has 0 aliphatic carbocycles. The molecule has 1 aromatic carbocycles. The van der Waals surface area contributed by atoms with Gasteiger partial charge in [-0.3, -0.25) is 4.79 Å². The third-order valence-corrected chi connectivity index (χ3v) is 4.12. The zero-order valence-corrected chi connectivity index (χ0v) is 13.0. The van der Waals surface area contributed by atoms with E-state index in [-0.39, 0.29) is 25.8 Å². The van der Waals surface area contributed by atoms with E-state index in [1.54, 1.807) is 24.3 Å². The quantitative estimate of drug-likeness (QED) is 0.923. The van der Waals surface area contributed by atoms with E-state index >= 15 is 0 Å². The molecule has 0 spiro atoms. The lowest BCUT2D eigenvalue weighted by Gasteiger charge is -2.39. The van der Waals surface area contributed by atoms with Crippen molar-refractivity contribution in [1.82, 2.24) is 4.90 Å². The Bertz CT molecular complexity index is 548. The number of nitrogens with two attached hydrogens (primary N) is 1. The molecule has 1 aliphatic heterocycles. The Morgan fingerprint density at radius 2 is 2.04 bits per heavy atom. The van der Waals surface area contributed by atoms with Crippen molar-refractivity contribution in [1.29, 1.82) is 0 Å². The van der Waals surface area contributed by atoms with Gasteiger partial charge in [0, 0.05) is 19.0 Å². The number of benzene rings is 1. The molecule has 1 amide bonds. The van der Waals surface area contributed by atoms with E-state index in [9.17, 15) is 18.0 Å². The molecule has 1 fully saturated rings. The summed E-state index contributed by atoms with van der Waals surface area (Å²) >= 11 is 0. The number of piperidine rings is 1. The number of likely N-dealkylation sites (tertiary alicyclic amines) is 1. The predicted octanol–water partition coefficient (Wildman–Crippen LogP) is 2.51. The van der Waals surface area contributed by atoms with Gasteiger partial charge in [0.15, 0.2) is 0 Å². The molecule has 0 bridgehead atoms. The standard InChI is InChI=1S/C16H21F3N2O2/c1-23-13-5-3-2-4-11(13)6-9-15(22)21-10-12(20)7-8-14(21)16(17,18)19/h2-5,12,14H,6-10,20H2,1H3. The van der Waals surface area contributed by atoms with Crippen LogP contribution in [-0.4, -0.2) is 42.7 Å². The minimum Gasteiger partial charge on any atom is -0.496 e. The number of nitrogens with zero attached hydrogens (tertiary/aromatic N) is 1. The van der Waals surface area contributed by atoms with Crippen LogP contribution >= 0.6 is 0 Å². The zero-order chi connectivity index (χ0) is 17.0. The molecule has 23 heavy (non-hydrogen) atoms. The lowest BCUT2D eigenvalue weighted by Crippen LogP contribution is -2.56. The van der Waals surface area contributed by atoms with Crippen LogP contribution in [0.25, 0.3) is 0 Å². The molecule has 128 valence electrons. The van der Waals surface area contributed by atoms with Gasteiger partial charge in [-0.1, -0.05) is 18.2 Å². The summed E-state index contributed by atoms with van der Waals surface area (Å²) in [6, 6.07) is 5.03. The van der Waals surface area contributed by atoms with Crippen LogP contribution in [0.15, 0.2) is 24.3 Å². The van der Waals surface area contributed by atoms with Crippen molar-refractivity contribution < 1.29 is 22.7 Å². The Kier molecular flexibility index (Phi) is 5.51. The number of ether oxygens (including phenoxy) is 1. The molecular formula is C16H21F3N2O2. The van der Waals surface area contributed by atoms with Crippen LogP contribution in [0.3, 0.4) is 0 Å². The SMILES string of the molecule is COc1ccccc1CCC(=O)N1CC(N)CCC1C(F)(F)F. The highest BCUT2D eigenvalue weighted by Gasteiger charge is 2.47. The van der Waals surface area contributed by atoms with E-state index in [0.29, 0.717) is 12.2 Å². The first-order valence-corrected chi connectivity index (χ1v) is 7.56. The van der Waals surface area contributed by atoms with Crippen molar-refractivity contribution in [2.45, 2.75) is 43.9 Å². The monoisotopic (exact) mass is 330 g/mol. The Hall–Kier alpha value is -1.76. The van der Waals surface area contributed by atoms with E-state index in [2.05, 4.69) is 0 Å². The number of carbonyl (C=O) groups is 1. The number of methoxy groups -OCH3 is 1. The molecule has 1 aliphatic rings. The van der Waals surface area contributed by atoms with E-state index in [0.717, 1.165) is 10.5 Å². The minimum atomic E-state index is -4.42. The summed E-state index contributed by atoms with van der Waals surface area (Å²) in [4.78, 5) is 13.2. The van der Waals surface area contributed by atoms with Crippen molar-refractivity contribution in [3.8, 4) is 5.75 Å². The number of hydrogen-bond donors (Lipinski definition) is 1. The summed E-state index contributed by atoms with van der Waals surface area (Å²) in [5.74, 6) is 0.108. The maximum Gasteiger partial charge on any atom is 0.408 e. The first kappa shape index (κ1) is 17.6. The highest BCUT2D eigenvalue weighted by atomic mass is 19.4. The Morgan fingerprint density at radius 1 is 1.35 bits per heavy atom. The molecule has 0 saturated carbocycles. The summed E-state index contributed by atoms with van der Waals surface area (Å²) < 4.78 is 44.5. The van der Waals surface area contributed by atoms with Gasteiger partial charge in [0.25, 0.3) is 0 Å². The maximum atomic E-state index is 13.1. The van der Waals surface area contributed by atoms with E-state index in [4.69, 9.17) is 10.5 Å². The number of carbonyl (C=O) groups excluding carboxylic acids is 1. The highest BCUT2D eigenvalue weighted by molar-refractivity contribution is 5.77. The van der Waals surface area contributed by atoms with Crippen LogP contribution in [0, 0.1) is 0 Å². The fourth-order valence-electron chi connectivity index (χ4n) is 2.91. The average Bonchev–Trinajstić information content (AvgIpc) is 2.51. The van der Waals surface area contributed by atoms with Gasteiger partial charge in [-0.15, -0.1) is 0 Å². The van der Waals surface area contributed by atoms with E-state index in [1.165, 1.54) is 7.11 Å². The lowest BCUT2D eigenvalue weighted by molar-refractivity contribution is -0.196. The van der Waals surface area contributed by atoms with Crippen LogP contribution in [0.5, 0.6) is 5.75 Å². The van der Waals surface area contributed by atoms with Gasteiger partial charge >= 0.3 is 6.18 Å². The second-order valence-corrected chi connectivity index (χ2v) is 5.75. The van der Waals surface area contributed by atoms with Gasteiger partial charge in [-0.2, -0.15) is 13.2 Å². The molecular weight excluding hydrogens is 309 g/mol. The molecule has 2 atom stereocenters. The molecule has 1 heterocycles. The fourth-order valence-corrected chi connectivity index (χ4v) is 2.91. The number of amides is 1. The second-order valence-electron chi connectivity index (χ2n) is 5.75. The Balaban J connectivity index is 2.05. The van der Waals surface area contributed by atoms with Gasteiger partial charge in [-0.05, 0) is 30.9 Å². The van der Waals surface area contributed by atoms with Crippen molar-refractivity contribution >= 4 is 5.91 Å². The predicted molar refractivity (Wildman–Crippen MR) is 80.1 cm³/mol. The zero-order valence-electron chi connectivity index (χ0n) is 13.0. The Labute approximate surface area is 133 Å². The van der Waals surface area contributed by atoms with Crippen LogP contribution in [0.2, 0.25) is 0 Å². The van der Waals surface area contributed by atoms with Crippen LogP contribution in [0.4, 0.5) is 13.2 Å². The third-order valence-electron chi connectivity index (χ3n) is 4.12. The summed E-state index contributed by atoms with van der Waals surface area (Å²) in [7, 11) is 1.52. The summed E-state index contributed by atoms with van der Waals surface area (Å²) in [6.45, 7) is -0.0467. The second kappa shape index (κ2) is 7.21. The fraction of sp³-hybridized carbons (Fsp3) is 0.562. The van der Waals surface area contributed by atoms with Gasteiger partial charge in [-0.25, -0.2) is 0 Å². The minimum absolute atomic E-state index is 0.000324. The van der Waals surface area contributed by atoms with Crippen molar-refractivity contribution in [3.63, 3.8) is 0 Å². The molecule has 4 nitrogen and oxygen atoms in total. The highest BCUT2D eigenvalue weighted by Crippen LogP contribution is 2.32. The molecule has 0 aromatic heterocycles. The maximum absolute atomic E-state index is 13.1. The van der Waals surface area contributed by atoms with Crippen molar-refractivity contribution in [2.75, 3.05) is 13.7 Å².